The van der Waals surface area contributed by atoms with Crippen LogP contribution in [-0.4, -0.2) is 31.0 Å². The molecule has 1 atom stereocenters. The lowest BCUT2D eigenvalue weighted by Crippen LogP contribution is -2.24. The first-order chi connectivity index (χ1) is 15.4. The largest absolute Gasteiger partial charge is 0.508 e. The Labute approximate surface area is 190 Å². The molecule has 0 saturated heterocycles. The number of rotatable bonds is 7. The van der Waals surface area contributed by atoms with Gasteiger partial charge in [0.25, 0.3) is 0 Å². The van der Waals surface area contributed by atoms with Crippen molar-refractivity contribution in [3.63, 3.8) is 0 Å². The zero-order valence-electron chi connectivity index (χ0n) is 18.1. The van der Waals surface area contributed by atoms with Gasteiger partial charge in [-0.1, -0.05) is 30.0 Å². The summed E-state index contributed by atoms with van der Waals surface area (Å²) in [6, 6.07) is 16.4. The highest BCUT2D eigenvalue weighted by molar-refractivity contribution is 8.00. The van der Waals surface area contributed by atoms with Crippen LogP contribution in [0.15, 0.2) is 70.4 Å². The van der Waals surface area contributed by atoms with E-state index in [9.17, 15) is 9.90 Å². The number of carbonyl (C=O) groups excluding carboxylic acids is 1. The lowest BCUT2D eigenvalue weighted by Gasteiger charge is -2.16. The number of anilines is 1. The molecule has 2 N–H and O–H groups in total. The number of hydrogen-bond donors (Lipinski definition) is 2. The van der Waals surface area contributed by atoms with E-state index in [0.29, 0.717) is 17.5 Å². The second kappa shape index (κ2) is 9.32. The van der Waals surface area contributed by atoms with Crippen molar-refractivity contribution in [2.24, 2.45) is 0 Å². The number of benzene rings is 2. The Morgan fingerprint density at radius 3 is 2.47 bits per heavy atom. The molecule has 0 aliphatic rings. The van der Waals surface area contributed by atoms with Crippen LogP contribution >= 0.6 is 11.8 Å². The van der Waals surface area contributed by atoms with Gasteiger partial charge < -0.3 is 14.8 Å². The number of nitrogens with zero attached hydrogens (tertiary/aromatic N) is 3. The fourth-order valence-corrected chi connectivity index (χ4v) is 4.20. The molecule has 1 unspecified atom stereocenters. The van der Waals surface area contributed by atoms with Gasteiger partial charge in [-0.05, 0) is 68.3 Å². The SMILES string of the molecule is Cc1cccc(C)c1NC(=O)C(C)Sc1nnc(-c2ccc(O)cc2)n1Cc1ccco1. The van der Waals surface area contributed by atoms with Gasteiger partial charge in [-0.3, -0.25) is 9.36 Å². The van der Waals surface area contributed by atoms with Crippen LogP contribution in [0, 0.1) is 13.8 Å². The van der Waals surface area contributed by atoms with Crippen LogP contribution in [0.2, 0.25) is 0 Å². The maximum atomic E-state index is 12.9. The number of nitrogens with one attached hydrogen (secondary N) is 1. The van der Waals surface area contributed by atoms with Crippen molar-refractivity contribution in [1.82, 2.24) is 14.8 Å². The first-order valence-corrected chi connectivity index (χ1v) is 11.1. The van der Waals surface area contributed by atoms with Gasteiger partial charge in [0, 0.05) is 11.3 Å². The van der Waals surface area contributed by atoms with Gasteiger partial charge in [-0.25, -0.2) is 0 Å². The molecule has 2 aromatic heterocycles. The average Bonchev–Trinajstić information content (AvgIpc) is 3.42. The van der Waals surface area contributed by atoms with Gasteiger partial charge in [-0.2, -0.15) is 0 Å². The van der Waals surface area contributed by atoms with E-state index in [1.807, 2.05) is 55.7 Å². The standard InChI is InChI=1S/C24H24N4O3S/c1-15-6-4-7-16(2)21(15)25-23(30)17(3)32-24-27-26-22(18-9-11-19(29)12-10-18)28(24)14-20-8-5-13-31-20/h4-13,17,29H,14H2,1-3H3,(H,25,30). The molecule has 0 radical (unpaired) electrons. The van der Waals surface area contributed by atoms with Crippen LogP contribution in [0.1, 0.15) is 23.8 Å². The highest BCUT2D eigenvalue weighted by Crippen LogP contribution is 2.30. The smallest absolute Gasteiger partial charge is 0.237 e. The minimum Gasteiger partial charge on any atom is -0.508 e. The molecule has 1 amide bonds. The number of aromatic nitrogens is 3. The molecule has 2 heterocycles. The number of aryl methyl sites for hydroxylation is 2. The summed E-state index contributed by atoms with van der Waals surface area (Å²) in [6.45, 7) is 6.22. The summed E-state index contributed by atoms with van der Waals surface area (Å²) in [5.41, 5.74) is 3.69. The monoisotopic (exact) mass is 448 g/mol. The summed E-state index contributed by atoms with van der Waals surface area (Å²) in [6.07, 6.45) is 1.62. The van der Waals surface area contributed by atoms with Gasteiger partial charge in [0.1, 0.15) is 11.5 Å². The average molecular weight is 449 g/mol. The number of thioether (sulfide) groups is 1. The number of carbonyl (C=O) groups is 1. The van der Waals surface area contributed by atoms with Crippen LogP contribution in [-0.2, 0) is 11.3 Å². The molecule has 8 heteroatoms. The number of para-hydroxylation sites is 1. The predicted octanol–water partition coefficient (Wildman–Crippen LogP) is 5.03. The topological polar surface area (TPSA) is 93.2 Å². The Morgan fingerprint density at radius 1 is 1.09 bits per heavy atom. The fraction of sp³-hybridized carbons (Fsp3) is 0.208. The van der Waals surface area contributed by atoms with Crippen LogP contribution in [0.5, 0.6) is 5.75 Å². The first-order valence-electron chi connectivity index (χ1n) is 10.2. The van der Waals surface area contributed by atoms with E-state index in [1.54, 1.807) is 30.5 Å². The van der Waals surface area contributed by atoms with E-state index in [-0.39, 0.29) is 11.7 Å². The van der Waals surface area contributed by atoms with E-state index >= 15 is 0 Å². The Balaban J connectivity index is 1.59. The van der Waals surface area contributed by atoms with Crippen molar-refractivity contribution in [1.29, 1.82) is 0 Å². The third-order valence-electron chi connectivity index (χ3n) is 5.12. The lowest BCUT2D eigenvalue weighted by atomic mass is 10.1. The molecule has 0 spiro atoms. The van der Waals surface area contributed by atoms with Gasteiger partial charge in [0.2, 0.25) is 5.91 Å². The molecule has 32 heavy (non-hydrogen) atoms. The molecule has 164 valence electrons. The summed E-state index contributed by atoms with van der Waals surface area (Å²) in [5, 5.41) is 21.6. The van der Waals surface area contributed by atoms with E-state index in [4.69, 9.17) is 4.42 Å². The van der Waals surface area contributed by atoms with Crippen molar-refractivity contribution >= 4 is 23.4 Å². The van der Waals surface area contributed by atoms with Gasteiger partial charge >= 0.3 is 0 Å². The Hall–Kier alpha value is -3.52. The summed E-state index contributed by atoms with van der Waals surface area (Å²) in [4.78, 5) is 12.9. The Bertz CT molecular complexity index is 1200. The second-order valence-electron chi connectivity index (χ2n) is 7.53. The zero-order chi connectivity index (χ0) is 22.7. The molecule has 0 fully saturated rings. The predicted molar refractivity (Wildman–Crippen MR) is 125 cm³/mol. The van der Waals surface area contributed by atoms with Crippen LogP contribution in [0.4, 0.5) is 5.69 Å². The van der Waals surface area contributed by atoms with E-state index in [1.165, 1.54) is 11.8 Å². The molecular formula is C24H24N4O3S. The number of amides is 1. The number of aromatic hydroxyl groups is 1. The van der Waals surface area contributed by atoms with E-state index in [2.05, 4.69) is 15.5 Å². The highest BCUT2D eigenvalue weighted by atomic mass is 32.2. The summed E-state index contributed by atoms with van der Waals surface area (Å²) in [7, 11) is 0. The van der Waals surface area contributed by atoms with E-state index < -0.39 is 5.25 Å². The lowest BCUT2D eigenvalue weighted by molar-refractivity contribution is -0.115. The van der Waals surface area contributed by atoms with Crippen LogP contribution < -0.4 is 5.32 Å². The molecule has 0 bridgehead atoms. The van der Waals surface area contributed by atoms with E-state index in [0.717, 1.165) is 28.1 Å². The molecule has 0 saturated carbocycles. The molecule has 4 aromatic rings. The van der Waals surface area contributed by atoms with Gasteiger partial charge in [0.15, 0.2) is 11.0 Å². The van der Waals surface area contributed by atoms with Crippen molar-refractivity contribution in [3.8, 4) is 17.1 Å². The third-order valence-corrected chi connectivity index (χ3v) is 6.20. The van der Waals surface area contributed by atoms with Crippen molar-refractivity contribution in [3.05, 3.63) is 77.7 Å². The maximum absolute atomic E-state index is 12.9. The molecule has 4 rings (SSSR count). The van der Waals surface area contributed by atoms with Crippen molar-refractivity contribution < 1.29 is 14.3 Å². The number of furan rings is 1. The summed E-state index contributed by atoms with van der Waals surface area (Å²) < 4.78 is 7.44. The Kier molecular flexibility index (Phi) is 6.32. The van der Waals surface area contributed by atoms with Crippen molar-refractivity contribution in [2.45, 2.75) is 37.7 Å². The van der Waals surface area contributed by atoms with Crippen LogP contribution in [0.3, 0.4) is 0 Å². The van der Waals surface area contributed by atoms with Crippen LogP contribution in [0.25, 0.3) is 11.4 Å². The Morgan fingerprint density at radius 2 is 1.81 bits per heavy atom. The fourth-order valence-electron chi connectivity index (χ4n) is 3.35. The number of phenolic OH excluding ortho intramolecular Hbond substituents is 1. The summed E-state index contributed by atoms with van der Waals surface area (Å²) >= 11 is 1.34. The normalized spacial score (nSPS) is 12.0. The molecule has 2 aromatic carbocycles. The minimum atomic E-state index is -0.402. The molecular weight excluding hydrogens is 424 g/mol. The van der Waals surface area contributed by atoms with Gasteiger partial charge in [0.05, 0.1) is 18.1 Å². The third kappa shape index (κ3) is 4.70. The maximum Gasteiger partial charge on any atom is 0.237 e. The zero-order valence-corrected chi connectivity index (χ0v) is 18.9. The highest BCUT2D eigenvalue weighted by Gasteiger charge is 2.22. The summed E-state index contributed by atoms with van der Waals surface area (Å²) in [5.74, 6) is 1.45. The molecule has 0 aliphatic carbocycles. The van der Waals surface area contributed by atoms with Gasteiger partial charge in [-0.15, -0.1) is 10.2 Å². The number of phenols is 1. The quantitative estimate of drug-likeness (QED) is 0.385. The molecule has 7 nitrogen and oxygen atoms in total. The van der Waals surface area contributed by atoms with Crippen molar-refractivity contribution in [2.75, 3.05) is 5.32 Å². The number of hydrogen-bond acceptors (Lipinski definition) is 6. The minimum absolute atomic E-state index is 0.105. The first kappa shape index (κ1) is 21.7. The molecule has 0 aliphatic heterocycles. The second-order valence-corrected chi connectivity index (χ2v) is 8.84.